The molecule has 0 bridgehead atoms. The number of rotatable bonds is 7. The van der Waals surface area contributed by atoms with Crippen molar-refractivity contribution in [2.24, 2.45) is 22.6 Å². The van der Waals surface area contributed by atoms with Crippen LogP contribution in [0.2, 0.25) is 0 Å². The third-order valence-electron chi connectivity index (χ3n) is 5.11. The number of benzene rings is 1. The Morgan fingerprint density at radius 3 is 2.69 bits per heavy atom. The molecule has 1 aromatic carbocycles. The molecule has 0 spiro atoms. The van der Waals surface area contributed by atoms with Crippen molar-refractivity contribution in [1.82, 2.24) is 10.2 Å². The zero-order valence-electron chi connectivity index (χ0n) is 16.4. The molecule has 1 amide bonds. The molecule has 1 heterocycles. The number of likely N-dealkylation sites (tertiary alicyclic amines) is 1. The second-order valence-corrected chi connectivity index (χ2v) is 7.58. The molecule has 1 aromatic rings. The van der Waals surface area contributed by atoms with E-state index in [0.717, 1.165) is 45.0 Å². The number of guanidine groups is 1. The SMILES string of the molecule is CCNC(=NCC(c1ccccc1)C(C)C)N1CCCC(CC(N)=O)C1. The molecule has 1 aliphatic rings. The standard InChI is InChI=1S/C21H34N4O/c1-4-23-21(25-12-8-9-17(15-25)13-20(22)26)24-14-19(16(2)3)18-10-6-5-7-11-18/h5-7,10-11,16-17,19H,4,8-9,12-15H2,1-3H3,(H2,22,26)(H,23,24). The molecular formula is C21H34N4O. The van der Waals surface area contributed by atoms with Crippen LogP contribution in [0.5, 0.6) is 0 Å². The van der Waals surface area contributed by atoms with Crippen LogP contribution in [0, 0.1) is 11.8 Å². The highest BCUT2D eigenvalue weighted by molar-refractivity contribution is 5.80. The lowest BCUT2D eigenvalue weighted by molar-refractivity contribution is -0.119. The number of amides is 1. The van der Waals surface area contributed by atoms with Gasteiger partial charge < -0.3 is 16.0 Å². The van der Waals surface area contributed by atoms with Crippen LogP contribution in [-0.4, -0.2) is 42.9 Å². The molecule has 26 heavy (non-hydrogen) atoms. The third-order valence-corrected chi connectivity index (χ3v) is 5.11. The van der Waals surface area contributed by atoms with Gasteiger partial charge >= 0.3 is 0 Å². The second-order valence-electron chi connectivity index (χ2n) is 7.58. The lowest BCUT2D eigenvalue weighted by Crippen LogP contribution is -2.47. The molecule has 144 valence electrons. The van der Waals surface area contributed by atoms with E-state index in [1.165, 1.54) is 5.56 Å². The average Bonchev–Trinajstić information content (AvgIpc) is 2.61. The zero-order chi connectivity index (χ0) is 18.9. The van der Waals surface area contributed by atoms with Crippen molar-refractivity contribution >= 4 is 11.9 Å². The van der Waals surface area contributed by atoms with Crippen LogP contribution in [0.1, 0.15) is 51.5 Å². The summed E-state index contributed by atoms with van der Waals surface area (Å²) in [6.07, 6.45) is 2.61. The van der Waals surface area contributed by atoms with Gasteiger partial charge in [-0.05, 0) is 37.2 Å². The van der Waals surface area contributed by atoms with Gasteiger partial charge in [-0.15, -0.1) is 0 Å². The van der Waals surface area contributed by atoms with Gasteiger partial charge in [0.15, 0.2) is 5.96 Å². The van der Waals surface area contributed by atoms with Crippen LogP contribution in [0.3, 0.4) is 0 Å². The van der Waals surface area contributed by atoms with Crippen molar-refractivity contribution in [1.29, 1.82) is 0 Å². The Bertz CT molecular complexity index is 585. The molecule has 0 saturated carbocycles. The number of primary amides is 1. The van der Waals surface area contributed by atoms with Crippen molar-refractivity contribution in [3.8, 4) is 0 Å². The third kappa shape index (κ3) is 6.04. The van der Waals surface area contributed by atoms with Gasteiger partial charge in [0.05, 0.1) is 0 Å². The maximum absolute atomic E-state index is 11.3. The minimum absolute atomic E-state index is 0.206. The monoisotopic (exact) mass is 358 g/mol. The van der Waals surface area contributed by atoms with E-state index in [2.05, 4.69) is 61.3 Å². The maximum atomic E-state index is 11.3. The van der Waals surface area contributed by atoms with Gasteiger partial charge in [-0.25, -0.2) is 0 Å². The van der Waals surface area contributed by atoms with E-state index in [9.17, 15) is 4.79 Å². The molecular weight excluding hydrogens is 324 g/mol. The summed E-state index contributed by atoms with van der Waals surface area (Å²) < 4.78 is 0. The fourth-order valence-corrected chi connectivity index (χ4v) is 3.72. The second kappa shape index (κ2) is 10.2. The Morgan fingerprint density at radius 2 is 2.08 bits per heavy atom. The summed E-state index contributed by atoms with van der Waals surface area (Å²) in [6, 6.07) is 10.6. The number of hydrogen-bond acceptors (Lipinski definition) is 2. The number of aliphatic imine (C=N–C) groups is 1. The summed E-state index contributed by atoms with van der Waals surface area (Å²) >= 11 is 0. The summed E-state index contributed by atoms with van der Waals surface area (Å²) in [7, 11) is 0. The summed E-state index contributed by atoms with van der Waals surface area (Å²) in [5.41, 5.74) is 6.74. The van der Waals surface area contributed by atoms with Gasteiger partial charge in [-0.1, -0.05) is 44.2 Å². The first-order chi connectivity index (χ1) is 12.5. The summed E-state index contributed by atoms with van der Waals surface area (Å²) in [4.78, 5) is 18.5. The molecule has 0 aliphatic carbocycles. The molecule has 5 heteroatoms. The normalized spacial score (nSPS) is 19.5. The van der Waals surface area contributed by atoms with Crippen molar-refractivity contribution in [2.45, 2.75) is 46.0 Å². The van der Waals surface area contributed by atoms with E-state index in [0.29, 0.717) is 24.2 Å². The fraction of sp³-hybridized carbons (Fsp3) is 0.619. The highest BCUT2D eigenvalue weighted by Crippen LogP contribution is 2.25. The highest BCUT2D eigenvalue weighted by atomic mass is 16.1. The Hall–Kier alpha value is -2.04. The van der Waals surface area contributed by atoms with Crippen LogP contribution in [0.25, 0.3) is 0 Å². The molecule has 2 rings (SSSR count). The van der Waals surface area contributed by atoms with Gasteiger partial charge in [-0.2, -0.15) is 0 Å². The quantitative estimate of drug-likeness (QED) is 0.581. The molecule has 1 fully saturated rings. The van der Waals surface area contributed by atoms with Crippen LogP contribution in [0.15, 0.2) is 35.3 Å². The highest BCUT2D eigenvalue weighted by Gasteiger charge is 2.24. The molecule has 3 N–H and O–H groups in total. The summed E-state index contributed by atoms with van der Waals surface area (Å²) in [5.74, 6) is 2.01. The van der Waals surface area contributed by atoms with Gasteiger partial charge in [0.2, 0.25) is 5.91 Å². The predicted octanol–water partition coefficient (Wildman–Crippen LogP) is 2.98. The van der Waals surface area contributed by atoms with E-state index < -0.39 is 0 Å². The van der Waals surface area contributed by atoms with Gasteiger partial charge in [0.1, 0.15) is 0 Å². The molecule has 2 atom stereocenters. The van der Waals surface area contributed by atoms with E-state index in [1.807, 2.05) is 0 Å². The zero-order valence-corrected chi connectivity index (χ0v) is 16.4. The van der Waals surface area contributed by atoms with Crippen molar-refractivity contribution in [3.05, 3.63) is 35.9 Å². The molecule has 1 aliphatic heterocycles. The fourth-order valence-electron chi connectivity index (χ4n) is 3.72. The summed E-state index contributed by atoms with van der Waals surface area (Å²) in [5, 5.41) is 3.43. The molecule has 0 aromatic heterocycles. The number of nitrogens with one attached hydrogen (secondary N) is 1. The van der Waals surface area contributed by atoms with E-state index in [-0.39, 0.29) is 5.91 Å². The van der Waals surface area contributed by atoms with Crippen molar-refractivity contribution in [3.63, 3.8) is 0 Å². The number of carbonyl (C=O) groups excluding carboxylic acids is 1. The van der Waals surface area contributed by atoms with Gasteiger partial charge in [0.25, 0.3) is 0 Å². The number of nitrogens with zero attached hydrogens (tertiary/aromatic N) is 2. The molecule has 0 radical (unpaired) electrons. The predicted molar refractivity (Wildman–Crippen MR) is 108 cm³/mol. The topological polar surface area (TPSA) is 70.7 Å². The van der Waals surface area contributed by atoms with Crippen molar-refractivity contribution < 1.29 is 4.79 Å². The molecule has 2 unspecified atom stereocenters. The average molecular weight is 359 g/mol. The van der Waals surface area contributed by atoms with Gasteiger partial charge in [-0.3, -0.25) is 9.79 Å². The Labute approximate surface area is 158 Å². The molecule has 5 nitrogen and oxygen atoms in total. The number of carbonyl (C=O) groups is 1. The number of nitrogens with two attached hydrogens (primary N) is 1. The largest absolute Gasteiger partial charge is 0.370 e. The van der Waals surface area contributed by atoms with E-state index in [4.69, 9.17) is 10.7 Å². The maximum Gasteiger partial charge on any atom is 0.217 e. The minimum atomic E-state index is -0.206. The van der Waals surface area contributed by atoms with Crippen LogP contribution in [0.4, 0.5) is 0 Å². The lowest BCUT2D eigenvalue weighted by Gasteiger charge is -2.35. The Kier molecular flexibility index (Phi) is 7.95. The van der Waals surface area contributed by atoms with Crippen molar-refractivity contribution in [2.75, 3.05) is 26.2 Å². The minimum Gasteiger partial charge on any atom is -0.370 e. The first-order valence-electron chi connectivity index (χ1n) is 9.87. The lowest BCUT2D eigenvalue weighted by atomic mass is 9.88. The molecule has 1 saturated heterocycles. The van der Waals surface area contributed by atoms with Crippen LogP contribution < -0.4 is 11.1 Å². The Balaban J connectivity index is 2.10. The smallest absolute Gasteiger partial charge is 0.217 e. The van der Waals surface area contributed by atoms with Crippen LogP contribution >= 0.6 is 0 Å². The summed E-state index contributed by atoms with van der Waals surface area (Å²) in [6.45, 7) is 10.0. The first kappa shape index (κ1) is 20.3. The van der Waals surface area contributed by atoms with Gasteiger partial charge in [0, 0.05) is 38.5 Å². The van der Waals surface area contributed by atoms with Crippen LogP contribution in [-0.2, 0) is 4.79 Å². The number of piperidine rings is 1. The van der Waals surface area contributed by atoms with E-state index >= 15 is 0 Å². The Morgan fingerprint density at radius 1 is 1.35 bits per heavy atom. The van der Waals surface area contributed by atoms with E-state index in [1.54, 1.807) is 0 Å². The number of hydrogen-bond donors (Lipinski definition) is 2. The first-order valence-corrected chi connectivity index (χ1v) is 9.87.